The fourth-order valence-electron chi connectivity index (χ4n) is 3.21. The Labute approximate surface area is 98.5 Å². The molecule has 1 saturated carbocycles. The molecule has 15 heavy (non-hydrogen) atoms. The fourth-order valence-corrected chi connectivity index (χ4v) is 3.76. The van der Waals surface area contributed by atoms with Gasteiger partial charge in [-0.3, -0.25) is 0 Å². The quantitative estimate of drug-likeness (QED) is 0.652. The van der Waals surface area contributed by atoms with Gasteiger partial charge in [0.1, 0.15) is 0 Å². The minimum Gasteiger partial charge on any atom is -0.377 e. The largest absolute Gasteiger partial charge is 0.377 e. The molecule has 1 aliphatic carbocycles. The molecular weight excluding hydrogens is 208 g/mol. The van der Waals surface area contributed by atoms with Gasteiger partial charge < -0.3 is 4.74 Å². The van der Waals surface area contributed by atoms with Crippen LogP contribution in [0.5, 0.6) is 0 Å². The standard InChI is InChI=1S/C13H23ClO/c1-3-4-10(2)13(9-14)7-8-15-12(13)11-5-6-11/h10-12H,3-9H2,1-2H3. The zero-order valence-electron chi connectivity index (χ0n) is 9.97. The summed E-state index contributed by atoms with van der Waals surface area (Å²) in [5.74, 6) is 2.33. The molecule has 2 aliphatic rings. The van der Waals surface area contributed by atoms with Crippen LogP contribution in [0.1, 0.15) is 46.0 Å². The Balaban J connectivity index is 2.10. The van der Waals surface area contributed by atoms with Gasteiger partial charge in [-0.15, -0.1) is 11.6 Å². The second kappa shape index (κ2) is 4.63. The van der Waals surface area contributed by atoms with E-state index in [1.54, 1.807) is 0 Å². The highest BCUT2D eigenvalue weighted by Crippen LogP contribution is 2.52. The van der Waals surface area contributed by atoms with Crippen LogP contribution in [0.4, 0.5) is 0 Å². The predicted octanol–water partition coefficient (Wildman–Crippen LogP) is 3.85. The molecule has 3 atom stereocenters. The van der Waals surface area contributed by atoms with Crippen molar-refractivity contribution in [3.63, 3.8) is 0 Å². The van der Waals surface area contributed by atoms with Gasteiger partial charge in [0.05, 0.1) is 6.10 Å². The summed E-state index contributed by atoms with van der Waals surface area (Å²) < 4.78 is 5.97. The van der Waals surface area contributed by atoms with Crippen LogP contribution < -0.4 is 0 Å². The number of rotatable bonds is 5. The van der Waals surface area contributed by atoms with Crippen LogP contribution in [0, 0.1) is 17.3 Å². The van der Waals surface area contributed by atoms with Crippen molar-refractivity contribution in [1.82, 2.24) is 0 Å². The molecule has 88 valence electrons. The molecule has 1 heterocycles. The minimum atomic E-state index is 0.290. The third-order valence-electron chi connectivity index (χ3n) is 4.43. The van der Waals surface area contributed by atoms with Crippen molar-refractivity contribution in [2.45, 2.75) is 52.1 Å². The normalized spacial score (nSPS) is 38.2. The first-order valence-electron chi connectivity index (χ1n) is 6.42. The van der Waals surface area contributed by atoms with E-state index in [-0.39, 0.29) is 0 Å². The van der Waals surface area contributed by atoms with Gasteiger partial charge in [0.25, 0.3) is 0 Å². The van der Waals surface area contributed by atoms with Crippen molar-refractivity contribution in [2.24, 2.45) is 17.3 Å². The monoisotopic (exact) mass is 230 g/mol. The number of hydrogen-bond acceptors (Lipinski definition) is 1. The number of ether oxygens (including phenoxy) is 1. The number of hydrogen-bond donors (Lipinski definition) is 0. The first-order valence-corrected chi connectivity index (χ1v) is 6.95. The molecule has 0 aromatic carbocycles. The average molecular weight is 231 g/mol. The van der Waals surface area contributed by atoms with E-state index in [1.807, 2.05) is 0 Å². The maximum Gasteiger partial charge on any atom is 0.0674 e. The van der Waals surface area contributed by atoms with Gasteiger partial charge in [-0.1, -0.05) is 26.7 Å². The molecule has 0 bridgehead atoms. The Kier molecular flexibility index (Phi) is 3.62. The fraction of sp³-hybridized carbons (Fsp3) is 1.00. The van der Waals surface area contributed by atoms with E-state index in [2.05, 4.69) is 13.8 Å². The zero-order valence-corrected chi connectivity index (χ0v) is 10.7. The Morgan fingerprint density at radius 2 is 2.20 bits per heavy atom. The van der Waals surface area contributed by atoms with Crippen LogP contribution in [0.3, 0.4) is 0 Å². The lowest BCUT2D eigenvalue weighted by molar-refractivity contribution is 0.0134. The molecule has 0 N–H and O–H groups in total. The summed E-state index contributed by atoms with van der Waals surface area (Å²) in [6.07, 6.45) is 6.93. The molecule has 1 saturated heterocycles. The molecule has 0 radical (unpaired) electrons. The number of halogens is 1. The van der Waals surface area contributed by atoms with Gasteiger partial charge >= 0.3 is 0 Å². The molecular formula is C13H23ClO. The first-order chi connectivity index (χ1) is 7.24. The predicted molar refractivity (Wildman–Crippen MR) is 64.3 cm³/mol. The lowest BCUT2D eigenvalue weighted by atomic mass is 9.69. The summed E-state index contributed by atoms with van der Waals surface area (Å²) >= 11 is 6.28. The van der Waals surface area contributed by atoms with Crippen LogP contribution in [0.25, 0.3) is 0 Å². The van der Waals surface area contributed by atoms with E-state index >= 15 is 0 Å². The van der Waals surface area contributed by atoms with Crippen molar-refractivity contribution < 1.29 is 4.74 Å². The molecule has 2 fully saturated rings. The van der Waals surface area contributed by atoms with Crippen molar-refractivity contribution in [2.75, 3.05) is 12.5 Å². The van der Waals surface area contributed by atoms with Gasteiger partial charge in [-0.25, -0.2) is 0 Å². The van der Waals surface area contributed by atoms with Crippen molar-refractivity contribution in [3.05, 3.63) is 0 Å². The van der Waals surface area contributed by atoms with E-state index in [4.69, 9.17) is 16.3 Å². The molecule has 0 aromatic heterocycles. The Morgan fingerprint density at radius 3 is 2.73 bits per heavy atom. The van der Waals surface area contributed by atoms with E-state index in [9.17, 15) is 0 Å². The summed E-state index contributed by atoms with van der Waals surface area (Å²) in [6, 6.07) is 0. The van der Waals surface area contributed by atoms with E-state index in [1.165, 1.54) is 32.1 Å². The molecule has 0 amide bonds. The maximum absolute atomic E-state index is 6.28. The van der Waals surface area contributed by atoms with Crippen molar-refractivity contribution in [3.8, 4) is 0 Å². The van der Waals surface area contributed by atoms with Gasteiger partial charge in [-0.2, -0.15) is 0 Å². The smallest absolute Gasteiger partial charge is 0.0674 e. The van der Waals surface area contributed by atoms with Crippen molar-refractivity contribution in [1.29, 1.82) is 0 Å². The summed E-state index contributed by atoms with van der Waals surface area (Å²) in [7, 11) is 0. The SMILES string of the molecule is CCCC(C)C1(CCl)CCOC1C1CC1. The minimum absolute atomic E-state index is 0.290. The molecule has 0 spiro atoms. The van der Waals surface area contributed by atoms with Crippen LogP contribution in [-0.4, -0.2) is 18.6 Å². The zero-order chi connectivity index (χ0) is 10.9. The van der Waals surface area contributed by atoms with Gasteiger partial charge in [-0.05, 0) is 31.1 Å². The average Bonchev–Trinajstić information content (AvgIpc) is 2.98. The second-order valence-electron chi connectivity index (χ2n) is 5.44. The molecule has 2 rings (SSSR count). The summed E-state index contributed by atoms with van der Waals surface area (Å²) in [4.78, 5) is 0. The lowest BCUT2D eigenvalue weighted by Gasteiger charge is -2.38. The summed E-state index contributed by atoms with van der Waals surface area (Å²) in [6.45, 7) is 5.57. The summed E-state index contributed by atoms with van der Waals surface area (Å²) in [5.41, 5.74) is 0.290. The third kappa shape index (κ3) is 2.06. The second-order valence-corrected chi connectivity index (χ2v) is 5.70. The van der Waals surface area contributed by atoms with Crippen molar-refractivity contribution >= 4 is 11.6 Å². The highest BCUT2D eigenvalue weighted by Gasteiger charge is 2.52. The Bertz CT molecular complexity index is 215. The number of alkyl halides is 1. The third-order valence-corrected chi connectivity index (χ3v) is 4.93. The molecule has 3 unspecified atom stereocenters. The van der Waals surface area contributed by atoms with Crippen LogP contribution in [0.2, 0.25) is 0 Å². The molecule has 1 aliphatic heterocycles. The highest BCUT2D eigenvalue weighted by molar-refractivity contribution is 6.18. The van der Waals surface area contributed by atoms with E-state index in [0.29, 0.717) is 17.4 Å². The Morgan fingerprint density at radius 1 is 1.47 bits per heavy atom. The molecule has 2 heteroatoms. The topological polar surface area (TPSA) is 9.23 Å². The van der Waals surface area contributed by atoms with Gasteiger partial charge in [0.15, 0.2) is 0 Å². The van der Waals surface area contributed by atoms with Crippen LogP contribution in [-0.2, 0) is 4.74 Å². The van der Waals surface area contributed by atoms with E-state index < -0.39 is 0 Å². The first kappa shape index (κ1) is 11.7. The summed E-state index contributed by atoms with van der Waals surface area (Å²) in [5, 5.41) is 0. The van der Waals surface area contributed by atoms with Gasteiger partial charge in [0.2, 0.25) is 0 Å². The highest BCUT2D eigenvalue weighted by atomic mass is 35.5. The lowest BCUT2D eigenvalue weighted by Crippen LogP contribution is -2.40. The van der Waals surface area contributed by atoms with Crippen LogP contribution in [0.15, 0.2) is 0 Å². The van der Waals surface area contributed by atoms with Gasteiger partial charge in [0, 0.05) is 17.9 Å². The van der Waals surface area contributed by atoms with E-state index in [0.717, 1.165) is 18.4 Å². The maximum atomic E-state index is 6.28. The molecule has 1 nitrogen and oxygen atoms in total. The Hall–Kier alpha value is 0.250. The van der Waals surface area contributed by atoms with Crippen LogP contribution >= 0.6 is 11.6 Å². The molecule has 0 aromatic rings.